The highest BCUT2D eigenvalue weighted by atomic mass is 32.1. The quantitative estimate of drug-likeness (QED) is 0.844. The molecule has 25 heavy (non-hydrogen) atoms. The molecule has 0 radical (unpaired) electrons. The Balaban J connectivity index is 1.69. The van der Waals surface area contributed by atoms with Crippen molar-refractivity contribution in [2.45, 2.75) is 38.6 Å². The van der Waals surface area contributed by atoms with Crippen LogP contribution in [0.5, 0.6) is 11.5 Å². The minimum absolute atomic E-state index is 0.358. The second-order valence-corrected chi connectivity index (χ2v) is 7.35. The van der Waals surface area contributed by atoms with Gasteiger partial charge in [-0.15, -0.1) is 0 Å². The van der Waals surface area contributed by atoms with Crippen molar-refractivity contribution in [1.82, 2.24) is 9.36 Å². The molecular weight excluding hydrogens is 336 g/mol. The Hall–Kier alpha value is -2.02. The molecule has 1 saturated heterocycles. The predicted octanol–water partition coefficient (Wildman–Crippen LogP) is 3.76. The van der Waals surface area contributed by atoms with Crippen molar-refractivity contribution < 1.29 is 9.47 Å². The maximum Gasteiger partial charge on any atom is 0.205 e. The summed E-state index contributed by atoms with van der Waals surface area (Å²) in [5.41, 5.74) is 1.02. The lowest BCUT2D eigenvalue weighted by atomic mass is 10.1. The number of ether oxygens (including phenoxy) is 2. The van der Waals surface area contributed by atoms with E-state index in [2.05, 4.69) is 28.4 Å². The average Bonchev–Trinajstić information content (AvgIpc) is 3.12. The molecule has 0 bridgehead atoms. The Bertz CT molecular complexity index is 682. The summed E-state index contributed by atoms with van der Waals surface area (Å²) in [5.74, 6) is 2.89. The van der Waals surface area contributed by atoms with Gasteiger partial charge < -0.3 is 19.7 Å². The summed E-state index contributed by atoms with van der Waals surface area (Å²) in [4.78, 5) is 7.03. The van der Waals surface area contributed by atoms with E-state index >= 15 is 0 Å². The van der Waals surface area contributed by atoms with Crippen LogP contribution in [0, 0.1) is 0 Å². The van der Waals surface area contributed by atoms with Gasteiger partial charge in [0.1, 0.15) is 17.3 Å². The number of anilines is 2. The normalized spacial score (nSPS) is 17.6. The summed E-state index contributed by atoms with van der Waals surface area (Å²) < 4.78 is 15.2. The van der Waals surface area contributed by atoms with Crippen LogP contribution < -0.4 is 19.7 Å². The molecule has 1 aliphatic heterocycles. The van der Waals surface area contributed by atoms with Crippen LogP contribution >= 0.6 is 11.5 Å². The molecule has 1 aromatic heterocycles. The van der Waals surface area contributed by atoms with Crippen molar-refractivity contribution in [2.24, 2.45) is 0 Å². The number of nitrogens with zero attached hydrogens (tertiary/aromatic N) is 3. The fraction of sp³-hybridized carbons (Fsp3) is 0.556. The van der Waals surface area contributed by atoms with Gasteiger partial charge >= 0.3 is 0 Å². The second-order valence-electron chi connectivity index (χ2n) is 6.62. The lowest BCUT2D eigenvalue weighted by Crippen LogP contribution is -2.42. The van der Waals surface area contributed by atoms with Crippen LogP contribution in [0.15, 0.2) is 18.2 Å². The molecule has 7 heteroatoms. The minimum Gasteiger partial charge on any atom is -0.497 e. The molecule has 1 fully saturated rings. The number of aromatic nitrogens is 2. The van der Waals surface area contributed by atoms with E-state index in [1.54, 1.807) is 14.2 Å². The molecule has 0 amide bonds. The number of piperidine rings is 1. The zero-order valence-corrected chi connectivity index (χ0v) is 16.1. The molecule has 0 aliphatic carbocycles. The van der Waals surface area contributed by atoms with Gasteiger partial charge in [0.25, 0.3) is 0 Å². The van der Waals surface area contributed by atoms with Gasteiger partial charge in [0.05, 0.1) is 14.2 Å². The summed E-state index contributed by atoms with van der Waals surface area (Å²) in [6.45, 7) is 6.21. The lowest BCUT2D eigenvalue weighted by molar-refractivity contribution is 0.394. The SMILES string of the molecule is COc1cc(NC2CCCN(c3nc(C(C)C)ns3)C2)cc(OC)c1. The van der Waals surface area contributed by atoms with Gasteiger partial charge in [-0.05, 0) is 12.8 Å². The Labute approximate surface area is 153 Å². The van der Waals surface area contributed by atoms with Crippen LogP contribution in [0.2, 0.25) is 0 Å². The second kappa shape index (κ2) is 7.91. The topological polar surface area (TPSA) is 59.5 Å². The van der Waals surface area contributed by atoms with E-state index < -0.39 is 0 Å². The predicted molar refractivity (Wildman–Crippen MR) is 102 cm³/mol. The summed E-state index contributed by atoms with van der Waals surface area (Å²) in [6.07, 6.45) is 2.27. The standard InChI is InChI=1S/C18H26N4O2S/c1-12(2)17-20-18(25-21-17)22-7-5-6-13(11-22)19-14-8-15(23-3)10-16(9-14)24-4/h8-10,12-13,19H,5-7,11H2,1-4H3. The molecule has 1 aliphatic rings. The third-order valence-corrected chi connectivity index (χ3v) is 5.15. The van der Waals surface area contributed by atoms with Crippen LogP contribution in [0.3, 0.4) is 0 Å². The minimum atomic E-state index is 0.358. The van der Waals surface area contributed by atoms with Crippen LogP contribution in [-0.4, -0.2) is 42.7 Å². The van der Waals surface area contributed by atoms with Crippen molar-refractivity contribution in [3.8, 4) is 11.5 Å². The Morgan fingerprint density at radius 2 is 1.92 bits per heavy atom. The molecular formula is C18H26N4O2S. The van der Waals surface area contributed by atoms with Crippen molar-refractivity contribution >= 4 is 22.4 Å². The molecule has 2 heterocycles. The van der Waals surface area contributed by atoms with Crippen molar-refractivity contribution in [3.05, 3.63) is 24.0 Å². The van der Waals surface area contributed by atoms with E-state index in [1.807, 2.05) is 18.2 Å². The van der Waals surface area contributed by atoms with Gasteiger partial charge in [0.15, 0.2) is 0 Å². The fourth-order valence-electron chi connectivity index (χ4n) is 2.98. The molecule has 1 atom stereocenters. The first-order valence-electron chi connectivity index (χ1n) is 8.67. The first kappa shape index (κ1) is 17.8. The fourth-order valence-corrected chi connectivity index (χ4v) is 3.83. The zero-order valence-electron chi connectivity index (χ0n) is 15.3. The Kier molecular flexibility index (Phi) is 5.63. The molecule has 0 saturated carbocycles. The molecule has 3 rings (SSSR count). The number of nitrogens with one attached hydrogen (secondary N) is 1. The number of hydrogen-bond donors (Lipinski definition) is 1. The smallest absolute Gasteiger partial charge is 0.205 e. The number of benzene rings is 1. The van der Waals surface area contributed by atoms with E-state index in [0.717, 1.165) is 54.1 Å². The van der Waals surface area contributed by atoms with Crippen LogP contribution in [0.25, 0.3) is 0 Å². The van der Waals surface area contributed by atoms with Crippen LogP contribution in [0.1, 0.15) is 38.4 Å². The first-order valence-corrected chi connectivity index (χ1v) is 9.44. The van der Waals surface area contributed by atoms with Gasteiger partial charge in [0.2, 0.25) is 5.13 Å². The average molecular weight is 362 g/mol. The highest BCUT2D eigenvalue weighted by Crippen LogP contribution is 2.29. The Morgan fingerprint density at radius 3 is 2.52 bits per heavy atom. The van der Waals surface area contributed by atoms with E-state index in [4.69, 9.17) is 14.5 Å². The van der Waals surface area contributed by atoms with E-state index in [0.29, 0.717) is 12.0 Å². The summed E-state index contributed by atoms with van der Waals surface area (Å²) >= 11 is 1.50. The summed E-state index contributed by atoms with van der Waals surface area (Å²) in [6, 6.07) is 6.25. The van der Waals surface area contributed by atoms with Gasteiger partial charge in [-0.3, -0.25) is 0 Å². The highest BCUT2D eigenvalue weighted by molar-refractivity contribution is 7.09. The van der Waals surface area contributed by atoms with Gasteiger partial charge in [0, 0.05) is 60.5 Å². The van der Waals surface area contributed by atoms with E-state index in [9.17, 15) is 0 Å². The number of rotatable bonds is 6. The third-order valence-electron chi connectivity index (χ3n) is 4.36. The molecule has 136 valence electrons. The third kappa shape index (κ3) is 4.34. The number of hydrogen-bond acceptors (Lipinski definition) is 7. The summed E-state index contributed by atoms with van der Waals surface area (Å²) in [7, 11) is 3.34. The van der Waals surface area contributed by atoms with Crippen molar-refractivity contribution in [1.29, 1.82) is 0 Å². The zero-order chi connectivity index (χ0) is 17.8. The molecule has 6 nitrogen and oxygen atoms in total. The molecule has 1 N–H and O–H groups in total. The van der Waals surface area contributed by atoms with Gasteiger partial charge in [-0.2, -0.15) is 4.37 Å². The first-order chi connectivity index (χ1) is 12.1. The van der Waals surface area contributed by atoms with Gasteiger partial charge in [-0.25, -0.2) is 4.98 Å². The molecule has 1 unspecified atom stereocenters. The van der Waals surface area contributed by atoms with E-state index in [1.165, 1.54) is 11.5 Å². The van der Waals surface area contributed by atoms with Crippen molar-refractivity contribution in [2.75, 3.05) is 37.5 Å². The molecule has 0 spiro atoms. The number of methoxy groups -OCH3 is 2. The molecule has 1 aromatic carbocycles. The summed E-state index contributed by atoms with van der Waals surface area (Å²) in [5, 5.41) is 4.64. The van der Waals surface area contributed by atoms with Crippen LogP contribution in [-0.2, 0) is 0 Å². The molecule has 2 aromatic rings. The van der Waals surface area contributed by atoms with Crippen molar-refractivity contribution in [3.63, 3.8) is 0 Å². The highest BCUT2D eigenvalue weighted by Gasteiger charge is 2.23. The Morgan fingerprint density at radius 1 is 1.20 bits per heavy atom. The maximum atomic E-state index is 5.36. The van der Waals surface area contributed by atoms with Gasteiger partial charge in [-0.1, -0.05) is 13.8 Å². The maximum absolute atomic E-state index is 5.36. The van der Waals surface area contributed by atoms with E-state index in [-0.39, 0.29) is 0 Å². The lowest BCUT2D eigenvalue weighted by Gasteiger charge is -2.33. The van der Waals surface area contributed by atoms with Crippen LogP contribution in [0.4, 0.5) is 10.8 Å². The largest absolute Gasteiger partial charge is 0.497 e. The monoisotopic (exact) mass is 362 g/mol.